The predicted molar refractivity (Wildman–Crippen MR) is 66.8 cm³/mol. The minimum atomic E-state index is -0.786. The molecule has 4 nitrogen and oxygen atoms in total. The summed E-state index contributed by atoms with van der Waals surface area (Å²) < 4.78 is 15.2. The summed E-state index contributed by atoms with van der Waals surface area (Å²) in [5.74, 6) is -1.43. The van der Waals surface area contributed by atoms with Crippen LogP contribution in [0.15, 0.2) is 24.4 Å². The number of carboxylic acids is 1. The van der Waals surface area contributed by atoms with Crippen molar-refractivity contribution in [1.82, 2.24) is 9.78 Å². The van der Waals surface area contributed by atoms with Crippen molar-refractivity contribution in [2.24, 2.45) is 5.92 Å². The lowest BCUT2D eigenvalue weighted by Gasteiger charge is -2.07. The molecular formula is C14H13FN2O2. The number of carboxylic acid groups (broad SMARTS) is 1. The third-order valence-corrected chi connectivity index (χ3v) is 3.62. The minimum Gasteiger partial charge on any atom is -0.481 e. The van der Waals surface area contributed by atoms with Crippen LogP contribution in [0.2, 0.25) is 0 Å². The molecule has 0 saturated carbocycles. The number of aliphatic carboxylic acids is 1. The van der Waals surface area contributed by atoms with E-state index in [2.05, 4.69) is 5.10 Å². The predicted octanol–water partition coefficient (Wildman–Crippen LogP) is 2.12. The van der Waals surface area contributed by atoms with Gasteiger partial charge in [0.2, 0.25) is 0 Å². The van der Waals surface area contributed by atoms with Gasteiger partial charge in [-0.15, -0.1) is 0 Å². The average molecular weight is 260 g/mol. The minimum absolute atomic E-state index is 0.267. The molecule has 1 aliphatic carbocycles. The molecule has 0 fully saturated rings. The number of aromatic nitrogens is 2. The highest BCUT2D eigenvalue weighted by Crippen LogP contribution is 2.27. The number of benzene rings is 1. The summed E-state index contributed by atoms with van der Waals surface area (Å²) in [6, 6.07) is 4.86. The third-order valence-electron chi connectivity index (χ3n) is 3.62. The Morgan fingerprint density at radius 2 is 2.26 bits per heavy atom. The molecule has 1 atom stereocenters. The van der Waals surface area contributed by atoms with E-state index in [0.717, 1.165) is 11.3 Å². The van der Waals surface area contributed by atoms with Gasteiger partial charge in [0.15, 0.2) is 0 Å². The van der Waals surface area contributed by atoms with Crippen LogP contribution in [-0.4, -0.2) is 20.9 Å². The SMILES string of the molecule is Cc1c(F)cccc1-n1cc2c(n1)CC(C(=O)O)C2. The van der Waals surface area contributed by atoms with E-state index in [1.165, 1.54) is 6.07 Å². The van der Waals surface area contributed by atoms with Crippen LogP contribution in [-0.2, 0) is 17.6 Å². The highest BCUT2D eigenvalue weighted by Gasteiger charge is 2.30. The highest BCUT2D eigenvalue weighted by molar-refractivity contribution is 5.72. The standard InChI is InChI=1S/C14H13FN2O2/c1-8-11(15)3-2-4-13(8)17-7-10-5-9(14(18)19)6-12(10)16-17/h2-4,7,9H,5-6H2,1H3,(H,18,19). The van der Waals surface area contributed by atoms with Gasteiger partial charge in [-0.05, 0) is 31.0 Å². The third kappa shape index (κ3) is 1.91. The monoisotopic (exact) mass is 260 g/mol. The summed E-state index contributed by atoms with van der Waals surface area (Å²) in [5, 5.41) is 13.4. The van der Waals surface area contributed by atoms with Crippen molar-refractivity contribution in [3.63, 3.8) is 0 Å². The summed E-state index contributed by atoms with van der Waals surface area (Å²) in [5.41, 5.74) is 2.98. The Balaban J connectivity index is 1.96. The number of fused-ring (bicyclic) bond motifs is 1. The van der Waals surface area contributed by atoms with E-state index in [4.69, 9.17) is 5.11 Å². The van der Waals surface area contributed by atoms with Crippen molar-refractivity contribution in [2.45, 2.75) is 19.8 Å². The zero-order chi connectivity index (χ0) is 13.6. The normalized spacial score (nSPS) is 17.5. The largest absolute Gasteiger partial charge is 0.481 e. The molecule has 0 bridgehead atoms. The van der Waals surface area contributed by atoms with Crippen molar-refractivity contribution in [1.29, 1.82) is 0 Å². The van der Waals surface area contributed by atoms with Crippen molar-refractivity contribution in [3.05, 3.63) is 47.0 Å². The maximum atomic E-state index is 13.5. The van der Waals surface area contributed by atoms with Crippen LogP contribution in [0.3, 0.4) is 0 Å². The molecule has 1 aliphatic rings. The Morgan fingerprint density at radius 3 is 2.95 bits per heavy atom. The van der Waals surface area contributed by atoms with Gasteiger partial charge < -0.3 is 5.11 Å². The molecule has 1 N–H and O–H groups in total. The van der Waals surface area contributed by atoms with Crippen LogP contribution < -0.4 is 0 Å². The molecule has 0 amide bonds. The number of halogens is 1. The molecular weight excluding hydrogens is 247 g/mol. The van der Waals surface area contributed by atoms with Gasteiger partial charge in [0.05, 0.1) is 17.3 Å². The molecule has 1 aromatic carbocycles. The fourth-order valence-corrected chi connectivity index (χ4v) is 2.50. The Morgan fingerprint density at radius 1 is 1.47 bits per heavy atom. The number of hydrogen-bond acceptors (Lipinski definition) is 2. The van der Waals surface area contributed by atoms with Gasteiger partial charge in [0, 0.05) is 18.2 Å². The van der Waals surface area contributed by atoms with Gasteiger partial charge >= 0.3 is 5.97 Å². The van der Waals surface area contributed by atoms with Crippen LogP contribution in [0.1, 0.15) is 16.8 Å². The lowest BCUT2D eigenvalue weighted by Crippen LogP contribution is -2.14. The van der Waals surface area contributed by atoms with Crippen LogP contribution in [0.5, 0.6) is 0 Å². The first-order chi connectivity index (χ1) is 9.06. The van der Waals surface area contributed by atoms with Crippen LogP contribution in [0.4, 0.5) is 4.39 Å². The zero-order valence-electron chi connectivity index (χ0n) is 10.4. The topological polar surface area (TPSA) is 55.1 Å². The summed E-state index contributed by atoms with van der Waals surface area (Å²) in [6.45, 7) is 1.71. The first kappa shape index (κ1) is 11.9. The van der Waals surface area contributed by atoms with E-state index in [1.807, 2.05) is 0 Å². The van der Waals surface area contributed by atoms with Crippen molar-refractivity contribution in [3.8, 4) is 5.69 Å². The van der Waals surface area contributed by atoms with E-state index in [-0.39, 0.29) is 11.7 Å². The second-order valence-corrected chi connectivity index (χ2v) is 4.87. The Labute approximate surface area is 109 Å². The molecule has 19 heavy (non-hydrogen) atoms. The summed E-state index contributed by atoms with van der Waals surface area (Å²) in [7, 11) is 0. The van der Waals surface area contributed by atoms with Crippen LogP contribution >= 0.6 is 0 Å². The van der Waals surface area contributed by atoms with Gasteiger partial charge in [0.1, 0.15) is 5.82 Å². The fraction of sp³-hybridized carbons (Fsp3) is 0.286. The van der Waals surface area contributed by atoms with E-state index < -0.39 is 5.97 Å². The molecule has 1 unspecified atom stereocenters. The molecule has 5 heteroatoms. The second-order valence-electron chi connectivity index (χ2n) is 4.87. The Kier molecular flexibility index (Phi) is 2.62. The first-order valence-corrected chi connectivity index (χ1v) is 6.12. The van der Waals surface area contributed by atoms with E-state index in [1.54, 1.807) is 29.9 Å². The Bertz CT molecular complexity index is 640. The Hall–Kier alpha value is -2.17. The maximum Gasteiger partial charge on any atom is 0.307 e. The van der Waals surface area contributed by atoms with Gasteiger partial charge in [-0.1, -0.05) is 6.07 Å². The quantitative estimate of drug-likeness (QED) is 0.899. The molecule has 1 aromatic heterocycles. The van der Waals surface area contributed by atoms with Gasteiger partial charge in [-0.25, -0.2) is 9.07 Å². The molecule has 0 saturated heterocycles. The fourth-order valence-electron chi connectivity index (χ4n) is 2.50. The van der Waals surface area contributed by atoms with Gasteiger partial charge in [0.25, 0.3) is 0 Å². The van der Waals surface area contributed by atoms with Crippen molar-refractivity contribution in [2.75, 3.05) is 0 Å². The van der Waals surface area contributed by atoms with Crippen LogP contribution in [0.25, 0.3) is 5.69 Å². The number of nitrogens with zero attached hydrogens (tertiary/aromatic N) is 2. The molecule has 1 heterocycles. The molecule has 3 rings (SSSR count). The van der Waals surface area contributed by atoms with Crippen molar-refractivity contribution >= 4 is 5.97 Å². The van der Waals surface area contributed by atoms with Crippen LogP contribution in [0, 0.1) is 18.7 Å². The molecule has 0 spiro atoms. The first-order valence-electron chi connectivity index (χ1n) is 6.12. The molecule has 0 aliphatic heterocycles. The zero-order valence-corrected chi connectivity index (χ0v) is 10.4. The van der Waals surface area contributed by atoms with Gasteiger partial charge in [-0.2, -0.15) is 5.10 Å². The smallest absolute Gasteiger partial charge is 0.307 e. The summed E-state index contributed by atoms with van der Waals surface area (Å²) >= 11 is 0. The molecule has 2 aromatic rings. The van der Waals surface area contributed by atoms with E-state index in [9.17, 15) is 9.18 Å². The molecule has 98 valence electrons. The molecule has 0 radical (unpaired) electrons. The highest BCUT2D eigenvalue weighted by atomic mass is 19.1. The number of carbonyl (C=O) groups is 1. The lowest BCUT2D eigenvalue weighted by atomic mass is 10.1. The lowest BCUT2D eigenvalue weighted by molar-refractivity contribution is -0.141. The summed E-state index contributed by atoms with van der Waals surface area (Å²) in [6.07, 6.45) is 2.76. The van der Waals surface area contributed by atoms with Crippen molar-refractivity contribution < 1.29 is 14.3 Å². The second kappa shape index (κ2) is 4.19. The van der Waals surface area contributed by atoms with E-state index in [0.29, 0.717) is 24.1 Å². The summed E-state index contributed by atoms with van der Waals surface area (Å²) in [4.78, 5) is 10.9. The number of hydrogen-bond donors (Lipinski definition) is 1. The van der Waals surface area contributed by atoms with E-state index >= 15 is 0 Å². The maximum absolute atomic E-state index is 13.5. The van der Waals surface area contributed by atoms with Gasteiger partial charge in [-0.3, -0.25) is 4.79 Å². The average Bonchev–Trinajstić information content (AvgIpc) is 2.90. The number of rotatable bonds is 2.